The fourth-order valence-corrected chi connectivity index (χ4v) is 4.07. The van der Waals surface area contributed by atoms with Crippen molar-refractivity contribution in [1.29, 1.82) is 0 Å². The van der Waals surface area contributed by atoms with Crippen LogP contribution in [0, 0.1) is 28.6 Å². The van der Waals surface area contributed by atoms with E-state index in [2.05, 4.69) is 5.18 Å². The Labute approximate surface area is 72.7 Å². The lowest BCUT2D eigenvalue weighted by atomic mass is 9.54. The van der Waals surface area contributed by atoms with Crippen LogP contribution in [0.5, 0.6) is 0 Å². The Hall–Kier alpha value is -0.400. The quantitative estimate of drug-likeness (QED) is 0.549. The third-order valence-corrected chi connectivity index (χ3v) is 4.30. The SMILES string of the molecule is O=NC1C2CC3CC(C2)CC1C3. The minimum atomic E-state index is 0.206. The first-order valence-electron chi connectivity index (χ1n) is 5.19. The first-order valence-corrected chi connectivity index (χ1v) is 5.19. The summed E-state index contributed by atoms with van der Waals surface area (Å²) in [6, 6.07) is 0.206. The molecule has 12 heavy (non-hydrogen) atoms. The molecule has 4 aliphatic rings. The van der Waals surface area contributed by atoms with E-state index in [0.717, 1.165) is 11.8 Å². The van der Waals surface area contributed by atoms with Crippen LogP contribution in [0.25, 0.3) is 0 Å². The lowest BCUT2D eigenvalue weighted by Gasteiger charge is -2.51. The maximum absolute atomic E-state index is 10.6. The fourth-order valence-electron chi connectivity index (χ4n) is 4.07. The molecule has 0 heterocycles. The van der Waals surface area contributed by atoms with Crippen molar-refractivity contribution in [3.63, 3.8) is 0 Å². The van der Waals surface area contributed by atoms with Crippen LogP contribution in [0.15, 0.2) is 5.18 Å². The topological polar surface area (TPSA) is 29.4 Å². The van der Waals surface area contributed by atoms with Crippen molar-refractivity contribution < 1.29 is 0 Å². The highest BCUT2D eigenvalue weighted by atomic mass is 16.3. The van der Waals surface area contributed by atoms with Gasteiger partial charge in [0.1, 0.15) is 0 Å². The van der Waals surface area contributed by atoms with Crippen molar-refractivity contribution >= 4 is 0 Å². The van der Waals surface area contributed by atoms with E-state index in [1.54, 1.807) is 0 Å². The molecular formula is C10H15NO. The molecule has 4 fully saturated rings. The van der Waals surface area contributed by atoms with Crippen LogP contribution in [0.2, 0.25) is 0 Å². The molecule has 2 heteroatoms. The van der Waals surface area contributed by atoms with E-state index < -0.39 is 0 Å². The standard InChI is InChI=1S/C10H15NO/c12-11-10-8-2-6-1-7(4-8)5-9(10)3-6/h6-10H,1-5H2. The summed E-state index contributed by atoms with van der Waals surface area (Å²) in [5.74, 6) is 3.29. The maximum atomic E-state index is 10.6. The third kappa shape index (κ3) is 0.810. The fraction of sp³-hybridized carbons (Fsp3) is 1.00. The Balaban J connectivity index is 1.90. The molecule has 66 valence electrons. The number of rotatable bonds is 1. The molecule has 0 aromatic heterocycles. The molecule has 0 aromatic carbocycles. The molecule has 0 radical (unpaired) electrons. The third-order valence-electron chi connectivity index (χ3n) is 4.30. The summed E-state index contributed by atoms with van der Waals surface area (Å²) in [7, 11) is 0. The van der Waals surface area contributed by atoms with Gasteiger partial charge < -0.3 is 0 Å². The molecule has 0 N–H and O–H groups in total. The molecular weight excluding hydrogens is 150 g/mol. The maximum Gasteiger partial charge on any atom is 0.0976 e. The Bertz CT molecular complexity index is 186. The lowest BCUT2D eigenvalue weighted by Crippen LogP contribution is -2.47. The monoisotopic (exact) mass is 165 g/mol. The minimum absolute atomic E-state index is 0.206. The summed E-state index contributed by atoms with van der Waals surface area (Å²) >= 11 is 0. The van der Waals surface area contributed by atoms with Gasteiger partial charge >= 0.3 is 0 Å². The number of hydrogen-bond acceptors (Lipinski definition) is 2. The normalized spacial score (nSPS) is 55.8. The first-order chi connectivity index (χ1) is 5.86. The van der Waals surface area contributed by atoms with Gasteiger partial charge in [0.05, 0.1) is 6.04 Å². The van der Waals surface area contributed by atoms with Gasteiger partial charge in [0, 0.05) is 0 Å². The average molecular weight is 165 g/mol. The number of nitrogens with zero attached hydrogens (tertiary/aromatic N) is 1. The Morgan fingerprint density at radius 1 is 0.833 bits per heavy atom. The lowest BCUT2D eigenvalue weighted by molar-refractivity contribution is 0.000700. The summed E-state index contributed by atoms with van der Waals surface area (Å²) in [6.07, 6.45) is 6.69. The molecule has 4 rings (SSSR count). The van der Waals surface area contributed by atoms with Crippen LogP contribution >= 0.6 is 0 Å². The molecule has 2 nitrogen and oxygen atoms in total. The van der Waals surface area contributed by atoms with Gasteiger partial charge in [-0.25, -0.2) is 0 Å². The van der Waals surface area contributed by atoms with E-state index in [9.17, 15) is 4.91 Å². The second-order valence-corrected chi connectivity index (χ2v) is 5.03. The van der Waals surface area contributed by atoms with E-state index in [4.69, 9.17) is 0 Å². The van der Waals surface area contributed by atoms with Crippen LogP contribution in [-0.2, 0) is 0 Å². The largest absolute Gasteiger partial charge is 0.150 e. The van der Waals surface area contributed by atoms with Gasteiger partial charge in [0.15, 0.2) is 0 Å². The highest BCUT2D eigenvalue weighted by Gasteiger charge is 2.48. The molecule has 0 saturated heterocycles. The molecule has 4 saturated carbocycles. The molecule has 0 amide bonds. The summed E-state index contributed by atoms with van der Waals surface area (Å²) in [5.41, 5.74) is 0. The van der Waals surface area contributed by atoms with Gasteiger partial charge in [0.2, 0.25) is 0 Å². The predicted octanol–water partition coefficient (Wildman–Crippen LogP) is 2.58. The number of hydrogen-bond donors (Lipinski definition) is 0. The summed E-state index contributed by atoms with van der Waals surface area (Å²) in [4.78, 5) is 10.6. The van der Waals surface area contributed by atoms with Crippen molar-refractivity contribution in [2.24, 2.45) is 28.8 Å². The zero-order valence-corrected chi connectivity index (χ0v) is 7.28. The van der Waals surface area contributed by atoms with Crippen molar-refractivity contribution in [3.8, 4) is 0 Å². The zero-order chi connectivity index (χ0) is 8.13. The molecule has 0 atom stereocenters. The van der Waals surface area contributed by atoms with Gasteiger partial charge in [-0.05, 0) is 55.8 Å². The second kappa shape index (κ2) is 2.30. The highest BCUT2D eigenvalue weighted by Crippen LogP contribution is 2.54. The Morgan fingerprint density at radius 3 is 1.75 bits per heavy atom. The summed E-state index contributed by atoms with van der Waals surface area (Å²) in [6.45, 7) is 0. The van der Waals surface area contributed by atoms with Crippen LogP contribution in [0.4, 0.5) is 0 Å². The first kappa shape index (κ1) is 7.05. The smallest absolute Gasteiger partial charge is 0.0976 e. The molecule has 0 aliphatic heterocycles. The minimum Gasteiger partial charge on any atom is -0.150 e. The van der Waals surface area contributed by atoms with Crippen molar-refractivity contribution in [2.45, 2.75) is 38.1 Å². The van der Waals surface area contributed by atoms with Gasteiger partial charge in [-0.3, -0.25) is 0 Å². The van der Waals surface area contributed by atoms with E-state index in [0.29, 0.717) is 11.8 Å². The van der Waals surface area contributed by atoms with Gasteiger partial charge in [-0.15, -0.1) is 0 Å². The number of nitroso groups, excluding NO2 is 1. The van der Waals surface area contributed by atoms with Crippen LogP contribution in [-0.4, -0.2) is 6.04 Å². The summed E-state index contributed by atoms with van der Waals surface area (Å²) < 4.78 is 0. The summed E-state index contributed by atoms with van der Waals surface area (Å²) in [5, 5.41) is 3.34. The zero-order valence-electron chi connectivity index (χ0n) is 7.28. The predicted molar refractivity (Wildman–Crippen MR) is 46.6 cm³/mol. The van der Waals surface area contributed by atoms with E-state index in [1.807, 2.05) is 0 Å². The Morgan fingerprint density at radius 2 is 1.33 bits per heavy atom. The average Bonchev–Trinajstić information content (AvgIpc) is 2.02. The second-order valence-electron chi connectivity index (χ2n) is 5.03. The molecule has 0 aromatic rings. The van der Waals surface area contributed by atoms with Crippen molar-refractivity contribution in [2.75, 3.05) is 0 Å². The Kier molecular flexibility index (Phi) is 1.35. The van der Waals surface area contributed by atoms with E-state index in [-0.39, 0.29) is 6.04 Å². The van der Waals surface area contributed by atoms with Gasteiger partial charge in [0.25, 0.3) is 0 Å². The molecule has 0 spiro atoms. The van der Waals surface area contributed by atoms with E-state index in [1.165, 1.54) is 32.1 Å². The van der Waals surface area contributed by atoms with Gasteiger partial charge in [-0.2, -0.15) is 4.91 Å². The van der Waals surface area contributed by atoms with Crippen molar-refractivity contribution in [3.05, 3.63) is 4.91 Å². The van der Waals surface area contributed by atoms with Crippen molar-refractivity contribution in [1.82, 2.24) is 0 Å². The van der Waals surface area contributed by atoms with Crippen LogP contribution in [0.1, 0.15) is 32.1 Å². The van der Waals surface area contributed by atoms with E-state index >= 15 is 0 Å². The van der Waals surface area contributed by atoms with Gasteiger partial charge in [-0.1, -0.05) is 5.18 Å². The van der Waals surface area contributed by atoms with Crippen LogP contribution in [0.3, 0.4) is 0 Å². The molecule has 0 unspecified atom stereocenters. The molecule has 4 aliphatic carbocycles. The highest BCUT2D eigenvalue weighted by molar-refractivity contribution is 5.01. The molecule has 4 bridgehead atoms. The van der Waals surface area contributed by atoms with Crippen LogP contribution < -0.4 is 0 Å².